The maximum absolute atomic E-state index is 13.8. The largest absolute Gasteiger partial charge is 0.369 e. The van der Waals surface area contributed by atoms with Gasteiger partial charge in [-0.15, -0.1) is 0 Å². The zero-order valence-corrected chi connectivity index (χ0v) is 18.3. The van der Waals surface area contributed by atoms with E-state index in [4.69, 9.17) is 5.73 Å². The highest BCUT2D eigenvalue weighted by Gasteiger charge is 2.55. The van der Waals surface area contributed by atoms with E-state index in [9.17, 15) is 14.0 Å². The summed E-state index contributed by atoms with van der Waals surface area (Å²) in [7, 11) is 0. The Hall–Kier alpha value is -1.95. The fraction of sp³-hybridized carbons (Fsp3) is 0.680. The number of likely N-dealkylation sites (tertiary alicyclic amines) is 1. The predicted octanol–water partition coefficient (Wildman–Crippen LogP) is 1.90. The molecule has 2 atom stereocenters. The third kappa shape index (κ3) is 4.23. The molecule has 31 heavy (non-hydrogen) atoms. The smallest absolute Gasteiger partial charge is 0.278 e. The summed E-state index contributed by atoms with van der Waals surface area (Å²) < 4.78 is 13.5. The lowest BCUT2D eigenvalue weighted by atomic mass is 9.52. The van der Waals surface area contributed by atoms with Crippen molar-refractivity contribution >= 4 is 11.8 Å². The maximum atomic E-state index is 13.8. The second-order valence-corrected chi connectivity index (χ2v) is 10.9. The lowest BCUT2D eigenvalue weighted by Crippen LogP contribution is -3.15. The van der Waals surface area contributed by atoms with Gasteiger partial charge in [-0.05, 0) is 86.8 Å². The van der Waals surface area contributed by atoms with Gasteiger partial charge in [0.25, 0.3) is 5.91 Å². The van der Waals surface area contributed by atoms with Gasteiger partial charge >= 0.3 is 0 Å². The summed E-state index contributed by atoms with van der Waals surface area (Å²) in [5.74, 6) is 1.82. The number of carbonyl (C=O) groups is 2. The lowest BCUT2D eigenvalue weighted by Gasteiger charge is -2.60. The number of nitrogens with two attached hydrogens (primary N) is 1. The zero-order chi connectivity index (χ0) is 21.6. The molecule has 5 nitrogen and oxygen atoms in total. The third-order valence-electron chi connectivity index (χ3n) is 8.56. The number of halogens is 1. The SMILES string of the molecule is NC(=O)[C@H]1CCC[NH+](CC(=O)N(Cc2ccc(F)cc2)C23CC4CC(CC(C4)C2)C3)C1. The first-order valence-electron chi connectivity index (χ1n) is 12.1. The van der Waals surface area contributed by atoms with E-state index < -0.39 is 0 Å². The van der Waals surface area contributed by atoms with E-state index >= 15 is 0 Å². The first-order valence-corrected chi connectivity index (χ1v) is 12.1. The molecule has 6 rings (SSSR count). The maximum Gasteiger partial charge on any atom is 0.278 e. The van der Waals surface area contributed by atoms with Gasteiger partial charge in [0.05, 0.1) is 19.0 Å². The molecule has 1 aromatic rings. The van der Waals surface area contributed by atoms with Gasteiger partial charge in [-0.25, -0.2) is 4.39 Å². The van der Waals surface area contributed by atoms with E-state index in [0.717, 1.165) is 62.0 Å². The normalized spacial score (nSPS) is 36.4. The van der Waals surface area contributed by atoms with Crippen LogP contribution in [0.5, 0.6) is 0 Å². The van der Waals surface area contributed by atoms with Gasteiger partial charge in [0.2, 0.25) is 5.91 Å². The highest BCUT2D eigenvalue weighted by Crippen LogP contribution is 2.58. The number of carbonyl (C=O) groups excluding carboxylic acids is 2. The van der Waals surface area contributed by atoms with Gasteiger partial charge < -0.3 is 15.5 Å². The first-order chi connectivity index (χ1) is 14.9. The predicted molar refractivity (Wildman–Crippen MR) is 115 cm³/mol. The Morgan fingerprint density at radius 2 is 1.68 bits per heavy atom. The molecule has 1 saturated heterocycles. The van der Waals surface area contributed by atoms with Gasteiger partial charge in [0, 0.05) is 12.1 Å². The van der Waals surface area contributed by atoms with Crippen LogP contribution in [0.2, 0.25) is 0 Å². The molecule has 168 valence electrons. The van der Waals surface area contributed by atoms with Gasteiger partial charge in [0.15, 0.2) is 6.54 Å². The van der Waals surface area contributed by atoms with Crippen LogP contribution in [0.25, 0.3) is 0 Å². The number of nitrogens with one attached hydrogen (secondary N) is 1. The van der Waals surface area contributed by atoms with E-state index in [1.165, 1.54) is 36.3 Å². The number of amides is 2. The number of primary amides is 1. The van der Waals surface area contributed by atoms with Gasteiger partial charge in [-0.1, -0.05) is 12.1 Å². The molecule has 5 fully saturated rings. The molecule has 0 radical (unpaired) electrons. The van der Waals surface area contributed by atoms with Crippen LogP contribution in [-0.4, -0.2) is 41.9 Å². The molecule has 1 unspecified atom stereocenters. The standard InChI is InChI=1S/C25H34FN3O2/c26-22-5-3-17(4-6-22)14-29(23(30)16-28-7-1-2-21(15-28)24(27)31)25-11-18-8-19(12-25)10-20(9-18)13-25/h3-6,18-21H,1-2,7-16H2,(H2,27,31)/p+1/t18?,19?,20?,21-,25?/m0/s1. The van der Waals surface area contributed by atoms with Crippen LogP contribution >= 0.6 is 0 Å². The molecule has 4 saturated carbocycles. The van der Waals surface area contributed by atoms with Crippen LogP contribution in [0.1, 0.15) is 56.9 Å². The summed E-state index contributed by atoms with van der Waals surface area (Å²) >= 11 is 0. The van der Waals surface area contributed by atoms with Crippen molar-refractivity contribution in [1.29, 1.82) is 0 Å². The minimum Gasteiger partial charge on any atom is -0.369 e. The molecule has 4 bridgehead atoms. The van der Waals surface area contributed by atoms with Crippen molar-refractivity contribution < 1.29 is 18.9 Å². The third-order valence-corrected chi connectivity index (χ3v) is 8.56. The van der Waals surface area contributed by atoms with Crippen molar-refractivity contribution in [2.24, 2.45) is 29.4 Å². The van der Waals surface area contributed by atoms with Crippen LogP contribution in [0, 0.1) is 29.5 Å². The van der Waals surface area contributed by atoms with Crippen molar-refractivity contribution in [2.75, 3.05) is 19.6 Å². The molecule has 4 aliphatic carbocycles. The summed E-state index contributed by atoms with van der Waals surface area (Å²) in [6.07, 6.45) is 9.11. The number of benzene rings is 1. The minimum atomic E-state index is -0.244. The van der Waals surface area contributed by atoms with Gasteiger partial charge in [-0.3, -0.25) is 9.59 Å². The number of nitrogens with zero attached hydrogens (tertiary/aromatic N) is 1. The molecule has 1 aliphatic heterocycles. The topological polar surface area (TPSA) is 67.8 Å². The van der Waals surface area contributed by atoms with Crippen LogP contribution in [0.15, 0.2) is 24.3 Å². The average Bonchev–Trinajstić information content (AvgIpc) is 2.72. The first kappa shape index (κ1) is 20.9. The Bertz CT molecular complexity index is 804. The van der Waals surface area contributed by atoms with Crippen molar-refractivity contribution in [1.82, 2.24) is 4.90 Å². The van der Waals surface area contributed by atoms with Crippen molar-refractivity contribution in [3.63, 3.8) is 0 Å². The summed E-state index contributed by atoms with van der Waals surface area (Å²) in [6, 6.07) is 6.61. The summed E-state index contributed by atoms with van der Waals surface area (Å²) in [5, 5.41) is 0. The Labute approximate surface area is 184 Å². The van der Waals surface area contributed by atoms with Gasteiger partial charge in [0.1, 0.15) is 5.82 Å². The van der Waals surface area contributed by atoms with E-state index in [1.807, 2.05) is 12.1 Å². The molecule has 3 N–H and O–H groups in total. The molecule has 0 spiro atoms. The van der Waals surface area contributed by atoms with Crippen LogP contribution in [0.3, 0.4) is 0 Å². The molecule has 6 heteroatoms. The zero-order valence-electron chi connectivity index (χ0n) is 18.3. The monoisotopic (exact) mass is 428 g/mol. The van der Waals surface area contributed by atoms with Crippen molar-refractivity contribution in [3.8, 4) is 0 Å². The van der Waals surface area contributed by atoms with Gasteiger partial charge in [-0.2, -0.15) is 0 Å². The van der Waals surface area contributed by atoms with Crippen molar-refractivity contribution in [3.05, 3.63) is 35.6 Å². The Morgan fingerprint density at radius 3 is 2.26 bits per heavy atom. The molecule has 1 aromatic carbocycles. The quantitative estimate of drug-likeness (QED) is 0.727. The Morgan fingerprint density at radius 1 is 1.06 bits per heavy atom. The van der Waals surface area contributed by atoms with Crippen LogP contribution in [-0.2, 0) is 16.1 Å². The highest BCUT2D eigenvalue weighted by atomic mass is 19.1. The number of quaternary nitrogens is 1. The van der Waals surface area contributed by atoms with Crippen molar-refractivity contribution in [2.45, 2.75) is 63.5 Å². The molecular formula is C25H35FN3O2+. The molecule has 1 heterocycles. The Balaban J connectivity index is 1.38. The molecule has 0 aromatic heterocycles. The lowest BCUT2D eigenvalue weighted by molar-refractivity contribution is -0.899. The minimum absolute atomic E-state index is 0.0431. The number of hydrogen-bond acceptors (Lipinski definition) is 2. The van der Waals surface area contributed by atoms with Crippen LogP contribution in [0.4, 0.5) is 4.39 Å². The number of hydrogen-bond donors (Lipinski definition) is 2. The average molecular weight is 429 g/mol. The fourth-order valence-corrected chi connectivity index (χ4v) is 7.55. The summed E-state index contributed by atoms with van der Waals surface area (Å²) in [5.41, 5.74) is 6.51. The summed E-state index contributed by atoms with van der Waals surface area (Å²) in [4.78, 5) is 28.8. The number of rotatable bonds is 6. The van der Waals surface area contributed by atoms with E-state index in [-0.39, 0.29) is 29.1 Å². The molecule has 2 amide bonds. The van der Waals surface area contributed by atoms with E-state index in [1.54, 1.807) is 0 Å². The number of piperidine rings is 1. The van der Waals surface area contributed by atoms with E-state index in [2.05, 4.69) is 4.90 Å². The Kier molecular flexibility index (Phi) is 5.53. The van der Waals surface area contributed by atoms with E-state index in [0.29, 0.717) is 19.6 Å². The fourth-order valence-electron chi connectivity index (χ4n) is 7.55. The molecule has 5 aliphatic rings. The second-order valence-electron chi connectivity index (χ2n) is 10.9. The highest BCUT2D eigenvalue weighted by molar-refractivity contribution is 5.78. The second kappa shape index (κ2) is 8.19. The molecular weight excluding hydrogens is 393 g/mol. The van der Waals surface area contributed by atoms with Crippen LogP contribution < -0.4 is 10.6 Å². The summed E-state index contributed by atoms with van der Waals surface area (Å²) in [6.45, 7) is 2.55.